The highest BCUT2D eigenvalue weighted by Gasteiger charge is 2.05. The molecule has 0 fully saturated rings. The number of rotatable bonds is 4. The fourth-order valence-corrected chi connectivity index (χ4v) is 2.35. The Labute approximate surface area is 126 Å². The van der Waals surface area contributed by atoms with E-state index in [-0.39, 0.29) is 11.8 Å². The first-order valence-corrected chi connectivity index (χ1v) is 7.21. The molecule has 2 rings (SSSR count). The Bertz CT molecular complexity index is 557. The molecule has 1 atom stereocenters. The topological polar surface area (TPSA) is 32.3 Å². The van der Waals surface area contributed by atoms with Crippen molar-refractivity contribution >= 4 is 33.2 Å². The van der Waals surface area contributed by atoms with E-state index in [4.69, 9.17) is 11.6 Å². The third-order valence-corrected chi connectivity index (χ3v) is 3.65. The van der Waals surface area contributed by atoms with Crippen LogP contribution in [0, 0.1) is 0 Å². The van der Waals surface area contributed by atoms with E-state index in [2.05, 4.69) is 40.3 Å². The van der Waals surface area contributed by atoms with Gasteiger partial charge in [0.05, 0.1) is 5.02 Å². The molecule has 2 aromatic carbocycles. The average molecular weight is 341 g/mol. The zero-order valence-corrected chi connectivity index (χ0v) is 12.9. The van der Waals surface area contributed by atoms with Crippen LogP contribution in [0.2, 0.25) is 5.02 Å². The van der Waals surface area contributed by atoms with Crippen LogP contribution < -0.4 is 5.32 Å². The Hall–Kier alpha value is -1.19. The summed E-state index contributed by atoms with van der Waals surface area (Å²) in [4.78, 5) is 0. The summed E-state index contributed by atoms with van der Waals surface area (Å²) in [6, 6.07) is 13.7. The highest BCUT2D eigenvalue weighted by molar-refractivity contribution is 9.10. The van der Waals surface area contributed by atoms with Crippen LogP contribution >= 0.6 is 27.5 Å². The van der Waals surface area contributed by atoms with Gasteiger partial charge in [0, 0.05) is 16.2 Å². The second-order valence-electron chi connectivity index (χ2n) is 4.54. The van der Waals surface area contributed by atoms with Gasteiger partial charge in [-0.05, 0) is 49.2 Å². The molecule has 0 radical (unpaired) electrons. The number of nitrogens with one attached hydrogen (secondary N) is 1. The fraction of sp³-hybridized carbons (Fsp3) is 0.200. The number of hydrogen-bond donors (Lipinski definition) is 2. The largest absolute Gasteiger partial charge is 0.506 e. The van der Waals surface area contributed by atoms with E-state index in [0.29, 0.717) is 5.02 Å². The first-order chi connectivity index (χ1) is 9.04. The lowest BCUT2D eigenvalue weighted by molar-refractivity contribution is 0.475. The number of phenols is 1. The molecule has 0 aromatic heterocycles. The lowest BCUT2D eigenvalue weighted by atomic mass is 10.1. The molecule has 0 amide bonds. The normalized spacial score (nSPS) is 12.2. The smallest absolute Gasteiger partial charge is 0.134 e. The van der Waals surface area contributed by atoms with Crippen LogP contribution in [0.25, 0.3) is 0 Å². The summed E-state index contributed by atoms with van der Waals surface area (Å²) >= 11 is 9.31. The van der Waals surface area contributed by atoms with Gasteiger partial charge in [-0.15, -0.1) is 0 Å². The van der Waals surface area contributed by atoms with E-state index >= 15 is 0 Å². The molecular weight excluding hydrogens is 326 g/mol. The maximum absolute atomic E-state index is 9.37. The predicted octanol–water partition coefficient (Wildman–Crippen LogP) is 4.85. The van der Waals surface area contributed by atoms with Crippen LogP contribution in [-0.4, -0.2) is 11.1 Å². The third kappa shape index (κ3) is 4.15. The highest BCUT2D eigenvalue weighted by Crippen LogP contribution is 2.26. The number of anilines is 1. The molecule has 4 heteroatoms. The van der Waals surface area contributed by atoms with Crippen LogP contribution in [0.15, 0.2) is 46.9 Å². The molecule has 0 bridgehead atoms. The van der Waals surface area contributed by atoms with Crippen molar-refractivity contribution in [2.45, 2.75) is 19.4 Å². The summed E-state index contributed by atoms with van der Waals surface area (Å²) < 4.78 is 1.09. The van der Waals surface area contributed by atoms with Crippen LogP contribution in [-0.2, 0) is 6.42 Å². The second-order valence-corrected chi connectivity index (χ2v) is 5.87. The lowest BCUT2D eigenvalue weighted by Gasteiger charge is -2.16. The summed E-state index contributed by atoms with van der Waals surface area (Å²) in [5.41, 5.74) is 2.18. The van der Waals surface area contributed by atoms with Crippen molar-refractivity contribution in [3.63, 3.8) is 0 Å². The van der Waals surface area contributed by atoms with E-state index in [0.717, 1.165) is 16.6 Å². The summed E-state index contributed by atoms with van der Waals surface area (Å²) in [6.45, 7) is 2.11. The molecular formula is C15H15BrClNO. The van der Waals surface area contributed by atoms with E-state index in [9.17, 15) is 5.11 Å². The minimum atomic E-state index is 0.104. The molecule has 0 saturated carbocycles. The minimum Gasteiger partial charge on any atom is -0.506 e. The number of aromatic hydroxyl groups is 1. The Balaban J connectivity index is 1.98. The third-order valence-electron chi connectivity index (χ3n) is 2.82. The second kappa shape index (κ2) is 6.31. The number of halogens is 2. The molecule has 0 spiro atoms. The van der Waals surface area contributed by atoms with E-state index in [1.165, 1.54) is 5.56 Å². The number of benzene rings is 2. The van der Waals surface area contributed by atoms with Crippen LogP contribution in [0.3, 0.4) is 0 Å². The summed E-state index contributed by atoms with van der Waals surface area (Å²) in [5, 5.41) is 13.1. The van der Waals surface area contributed by atoms with Crippen LogP contribution in [0.5, 0.6) is 5.75 Å². The quantitative estimate of drug-likeness (QED) is 0.780. The van der Waals surface area contributed by atoms with Crippen LogP contribution in [0.4, 0.5) is 5.69 Å². The van der Waals surface area contributed by atoms with Gasteiger partial charge in [-0.3, -0.25) is 0 Å². The van der Waals surface area contributed by atoms with Gasteiger partial charge in [-0.25, -0.2) is 0 Å². The molecule has 19 heavy (non-hydrogen) atoms. The van der Waals surface area contributed by atoms with Gasteiger partial charge in [-0.1, -0.05) is 39.7 Å². The van der Waals surface area contributed by atoms with Crippen molar-refractivity contribution in [1.29, 1.82) is 0 Å². The molecule has 1 unspecified atom stereocenters. The van der Waals surface area contributed by atoms with Crippen molar-refractivity contribution in [3.05, 3.63) is 57.5 Å². The van der Waals surface area contributed by atoms with Crippen LogP contribution in [0.1, 0.15) is 12.5 Å². The maximum atomic E-state index is 9.37. The molecule has 0 aliphatic rings. The van der Waals surface area contributed by atoms with E-state index in [1.54, 1.807) is 12.1 Å². The lowest BCUT2D eigenvalue weighted by Crippen LogP contribution is -2.17. The van der Waals surface area contributed by atoms with Crippen molar-refractivity contribution < 1.29 is 5.11 Å². The molecule has 0 aliphatic heterocycles. The molecule has 100 valence electrons. The first kappa shape index (κ1) is 14.2. The molecule has 0 saturated heterocycles. The Kier molecular flexibility index (Phi) is 4.72. The molecule has 2 nitrogen and oxygen atoms in total. The highest BCUT2D eigenvalue weighted by atomic mass is 79.9. The van der Waals surface area contributed by atoms with Crippen molar-refractivity contribution in [2.75, 3.05) is 5.32 Å². The van der Waals surface area contributed by atoms with Gasteiger partial charge >= 0.3 is 0 Å². The van der Waals surface area contributed by atoms with Gasteiger partial charge in [0.2, 0.25) is 0 Å². The van der Waals surface area contributed by atoms with Gasteiger partial charge < -0.3 is 10.4 Å². The zero-order valence-electron chi connectivity index (χ0n) is 10.5. The number of hydrogen-bond acceptors (Lipinski definition) is 2. The van der Waals surface area contributed by atoms with E-state index in [1.807, 2.05) is 18.2 Å². The Morgan fingerprint density at radius 2 is 1.89 bits per heavy atom. The minimum absolute atomic E-state index is 0.104. The molecule has 0 heterocycles. The molecule has 2 aromatic rings. The first-order valence-electron chi connectivity index (χ1n) is 6.04. The van der Waals surface area contributed by atoms with Gasteiger partial charge in [0.15, 0.2) is 0 Å². The SMILES string of the molecule is CC(Cc1ccc(Br)cc1)Nc1ccc(O)c(Cl)c1. The molecule has 2 N–H and O–H groups in total. The average Bonchev–Trinajstić information content (AvgIpc) is 2.37. The predicted molar refractivity (Wildman–Crippen MR) is 84.0 cm³/mol. The Morgan fingerprint density at radius 1 is 1.21 bits per heavy atom. The van der Waals surface area contributed by atoms with Gasteiger partial charge in [-0.2, -0.15) is 0 Å². The monoisotopic (exact) mass is 339 g/mol. The van der Waals surface area contributed by atoms with E-state index < -0.39 is 0 Å². The fourth-order valence-electron chi connectivity index (χ4n) is 1.91. The van der Waals surface area contributed by atoms with Crippen molar-refractivity contribution in [2.24, 2.45) is 0 Å². The standard InChI is InChI=1S/C15H15BrClNO/c1-10(8-11-2-4-12(16)5-3-11)18-13-6-7-15(19)14(17)9-13/h2-7,9-10,18-19H,8H2,1H3. The summed E-state index contributed by atoms with van der Waals surface area (Å²) in [6.07, 6.45) is 0.922. The summed E-state index contributed by atoms with van der Waals surface area (Å²) in [5.74, 6) is 0.104. The summed E-state index contributed by atoms with van der Waals surface area (Å²) in [7, 11) is 0. The molecule has 0 aliphatic carbocycles. The van der Waals surface area contributed by atoms with Crippen molar-refractivity contribution in [1.82, 2.24) is 0 Å². The zero-order chi connectivity index (χ0) is 13.8. The van der Waals surface area contributed by atoms with Gasteiger partial charge in [0.1, 0.15) is 5.75 Å². The Morgan fingerprint density at radius 3 is 2.53 bits per heavy atom. The number of phenolic OH excluding ortho intramolecular Hbond substituents is 1. The van der Waals surface area contributed by atoms with Gasteiger partial charge in [0.25, 0.3) is 0 Å². The van der Waals surface area contributed by atoms with Crippen molar-refractivity contribution in [3.8, 4) is 5.75 Å². The maximum Gasteiger partial charge on any atom is 0.134 e.